The summed E-state index contributed by atoms with van der Waals surface area (Å²) in [5.41, 5.74) is 5.43. The van der Waals surface area contributed by atoms with Gasteiger partial charge in [-0.1, -0.05) is 13.3 Å². The fourth-order valence-corrected chi connectivity index (χ4v) is 1.71. The number of hydrogen-bond acceptors (Lipinski definition) is 3. The molecule has 0 spiro atoms. The number of hydrogen-bond donors (Lipinski definition) is 1. The van der Waals surface area contributed by atoms with Crippen molar-refractivity contribution in [1.29, 1.82) is 0 Å². The Morgan fingerprint density at radius 1 is 1.06 bits per heavy atom. The minimum absolute atomic E-state index is 0.297. The molecule has 0 saturated heterocycles. The second-order valence-corrected chi connectivity index (χ2v) is 4.78. The zero-order chi connectivity index (χ0) is 13.1. The van der Waals surface area contributed by atoms with Crippen molar-refractivity contribution in [3.63, 3.8) is 0 Å². The third kappa shape index (κ3) is 9.12. The summed E-state index contributed by atoms with van der Waals surface area (Å²) in [4.78, 5) is 16.1. The molecule has 0 aromatic rings. The van der Waals surface area contributed by atoms with E-state index in [4.69, 9.17) is 5.73 Å². The van der Waals surface area contributed by atoms with E-state index in [2.05, 4.69) is 11.8 Å². The van der Waals surface area contributed by atoms with Gasteiger partial charge in [-0.05, 0) is 39.9 Å². The lowest BCUT2D eigenvalue weighted by Gasteiger charge is -2.24. The highest BCUT2D eigenvalue weighted by molar-refractivity contribution is 5.76. The van der Waals surface area contributed by atoms with E-state index in [1.54, 1.807) is 0 Å². The predicted molar refractivity (Wildman–Crippen MR) is 72.9 cm³/mol. The van der Waals surface area contributed by atoms with Gasteiger partial charge in [0, 0.05) is 26.1 Å². The van der Waals surface area contributed by atoms with Crippen LogP contribution in [-0.2, 0) is 4.79 Å². The van der Waals surface area contributed by atoms with Crippen molar-refractivity contribution in [3.05, 3.63) is 0 Å². The lowest BCUT2D eigenvalue weighted by Crippen LogP contribution is -2.37. The Morgan fingerprint density at radius 3 is 2.29 bits per heavy atom. The number of unbranched alkanes of at least 4 members (excludes halogenated alkanes) is 2. The van der Waals surface area contributed by atoms with Gasteiger partial charge in [0.05, 0.1) is 0 Å². The van der Waals surface area contributed by atoms with Crippen LogP contribution in [0.15, 0.2) is 0 Å². The molecule has 0 radical (unpaired) electrons. The van der Waals surface area contributed by atoms with Crippen molar-refractivity contribution in [2.75, 3.05) is 40.3 Å². The second kappa shape index (κ2) is 10.5. The molecular formula is C13H29N3O. The normalized spacial score (nSPS) is 10.9. The third-order valence-electron chi connectivity index (χ3n) is 2.76. The van der Waals surface area contributed by atoms with E-state index in [-0.39, 0.29) is 0 Å². The molecule has 0 aliphatic carbocycles. The molecule has 4 nitrogen and oxygen atoms in total. The highest BCUT2D eigenvalue weighted by Crippen LogP contribution is 2.04. The van der Waals surface area contributed by atoms with Crippen LogP contribution in [0.25, 0.3) is 0 Å². The molecule has 0 bridgehead atoms. The first kappa shape index (κ1) is 16.4. The number of nitrogens with two attached hydrogens (primary N) is 1. The first-order valence-corrected chi connectivity index (χ1v) is 6.74. The minimum Gasteiger partial charge on any atom is -0.341 e. The van der Waals surface area contributed by atoms with Gasteiger partial charge in [-0.15, -0.1) is 0 Å². The zero-order valence-electron chi connectivity index (χ0n) is 11.7. The fourth-order valence-electron chi connectivity index (χ4n) is 1.71. The van der Waals surface area contributed by atoms with E-state index in [0.29, 0.717) is 12.3 Å². The maximum absolute atomic E-state index is 12.0. The van der Waals surface area contributed by atoms with E-state index in [1.807, 2.05) is 19.0 Å². The molecule has 1 amide bonds. The summed E-state index contributed by atoms with van der Waals surface area (Å²) < 4.78 is 0. The van der Waals surface area contributed by atoms with Gasteiger partial charge in [-0.3, -0.25) is 4.79 Å². The maximum atomic E-state index is 12.0. The molecule has 0 unspecified atom stereocenters. The molecule has 0 aromatic carbocycles. The van der Waals surface area contributed by atoms with Crippen LogP contribution in [0.2, 0.25) is 0 Å². The summed E-state index contributed by atoms with van der Waals surface area (Å²) in [6.45, 7) is 5.51. The van der Waals surface area contributed by atoms with Crippen molar-refractivity contribution >= 4 is 5.91 Å². The van der Waals surface area contributed by atoms with Crippen LogP contribution in [0.3, 0.4) is 0 Å². The van der Waals surface area contributed by atoms with Gasteiger partial charge in [-0.25, -0.2) is 0 Å². The standard InChI is InChI=1S/C13H29N3O/c1-4-10-16(12-11-15(2)3)13(17)8-6-5-7-9-14/h4-12,14H2,1-3H3. The first-order chi connectivity index (χ1) is 8.11. The zero-order valence-corrected chi connectivity index (χ0v) is 11.7. The Hall–Kier alpha value is -0.610. The number of carbonyl (C=O) groups excluding carboxylic acids is 1. The highest BCUT2D eigenvalue weighted by Gasteiger charge is 2.11. The van der Waals surface area contributed by atoms with Crippen molar-refractivity contribution in [3.8, 4) is 0 Å². The van der Waals surface area contributed by atoms with Gasteiger partial charge in [-0.2, -0.15) is 0 Å². The minimum atomic E-state index is 0.297. The highest BCUT2D eigenvalue weighted by atomic mass is 16.2. The molecule has 0 rings (SSSR count). The quantitative estimate of drug-likeness (QED) is 0.589. The van der Waals surface area contributed by atoms with Crippen LogP contribution in [0.1, 0.15) is 39.0 Å². The molecular weight excluding hydrogens is 214 g/mol. The number of amides is 1. The van der Waals surface area contributed by atoms with Gasteiger partial charge in [0.2, 0.25) is 5.91 Å². The van der Waals surface area contributed by atoms with E-state index < -0.39 is 0 Å². The number of carbonyl (C=O) groups is 1. The summed E-state index contributed by atoms with van der Waals surface area (Å²) in [5, 5.41) is 0. The van der Waals surface area contributed by atoms with Crippen molar-refractivity contribution in [2.24, 2.45) is 5.73 Å². The second-order valence-electron chi connectivity index (χ2n) is 4.78. The lowest BCUT2D eigenvalue weighted by molar-refractivity contribution is -0.131. The molecule has 0 saturated carbocycles. The molecule has 0 aromatic heterocycles. The molecule has 0 atom stereocenters. The maximum Gasteiger partial charge on any atom is 0.222 e. The molecule has 0 aliphatic rings. The molecule has 2 N–H and O–H groups in total. The Balaban J connectivity index is 3.88. The SMILES string of the molecule is CCCN(CCN(C)C)C(=O)CCCCCN. The topological polar surface area (TPSA) is 49.6 Å². The van der Waals surface area contributed by atoms with Crippen molar-refractivity contribution < 1.29 is 4.79 Å². The molecule has 4 heteroatoms. The van der Waals surface area contributed by atoms with Gasteiger partial charge < -0.3 is 15.5 Å². The third-order valence-corrected chi connectivity index (χ3v) is 2.76. The van der Waals surface area contributed by atoms with E-state index in [9.17, 15) is 4.79 Å². The number of likely N-dealkylation sites (N-methyl/N-ethyl adjacent to an activating group) is 1. The van der Waals surface area contributed by atoms with Gasteiger partial charge in [0.25, 0.3) is 0 Å². The van der Waals surface area contributed by atoms with Gasteiger partial charge in [0.1, 0.15) is 0 Å². The summed E-state index contributed by atoms with van der Waals surface area (Å²) >= 11 is 0. The summed E-state index contributed by atoms with van der Waals surface area (Å²) in [7, 11) is 4.08. The van der Waals surface area contributed by atoms with E-state index in [0.717, 1.165) is 51.9 Å². The smallest absolute Gasteiger partial charge is 0.222 e. The van der Waals surface area contributed by atoms with Crippen LogP contribution in [0.4, 0.5) is 0 Å². The van der Waals surface area contributed by atoms with E-state index >= 15 is 0 Å². The van der Waals surface area contributed by atoms with Crippen LogP contribution in [0, 0.1) is 0 Å². The lowest BCUT2D eigenvalue weighted by atomic mass is 10.2. The molecule has 0 aliphatic heterocycles. The number of rotatable bonds is 10. The van der Waals surface area contributed by atoms with Gasteiger partial charge >= 0.3 is 0 Å². The van der Waals surface area contributed by atoms with E-state index in [1.165, 1.54) is 0 Å². The van der Waals surface area contributed by atoms with Crippen LogP contribution >= 0.6 is 0 Å². The van der Waals surface area contributed by atoms with Crippen molar-refractivity contribution in [1.82, 2.24) is 9.80 Å². The predicted octanol–water partition coefficient (Wildman–Crippen LogP) is 1.31. The van der Waals surface area contributed by atoms with Crippen LogP contribution in [-0.4, -0.2) is 56.0 Å². The molecule has 102 valence electrons. The Morgan fingerprint density at radius 2 is 1.76 bits per heavy atom. The largest absolute Gasteiger partial charge is 0.341 e. The van der Waals surface area contributed by atoms with Crippen LogP contribution < -0.4 is 5.73 Å². The Kier molecular flexibility index (Phi) is 10.2. The fraction of sp³-hybridized carbons (Fsp3) is 0.923. The summed E-state index contributed by atoms with van der Waals surface area (Å²) in [6, 6.07) is 0. The van der Waals surface area contributed by atoms with Crippen molar-refractivity contribution in [2.45, 2.75) is 39.0 Å². The molecule has 17 heavy (non-hydrogen) atoms. The molecule has 0 fully saturated rings. The number of nitrogens with zero attached hydrogens (tertiary/aromatic N) is 2. The monoisotopic (exact) mass is 243 g/mol. The Labute approximate surface area is 106 Å². The summed E-state index contributed by atoms with van der Waals surface area (Å²) in [5.74, 6) is 0.297. The average molecular weight is 243 g/mol. The average Bonchev–Trinajstić information content (AvgIpc) is 2.29. The first-order valence-electron chi connectivity index (χ1n) is 6.74. The summed E-state index contributed by atoms with van der Waals surface area (Å²) in [6.07, 6.45) is 4.77. The van der Waals surface area contributed by atoms with Gasteiger partial charge in [0.15, 0.2) is 0 Å². The Bertz CT molecular complexity index is 195. The van der Waals surface area contributed by atoms with Crippen LogP contribution in [0.5, 0.6) is 0 Å². The molecule has 0 heterocycles.